The van der Waals surface area contributed by atoms with E-state index in [1.54, 1.807) is 19.1 Å². The number of methoxy groups -OCH3 is 2. The lowest BCUT2D eigenvalue weighted by atomic mass is 10.0. The molecule has 3 aromatic rings. The molecule has 0 fully saturated rings. The van der Waals surface area contributed by atoms with E-state index in [4.69, 9.17) is 9.47 Å². The van der Waals surface area contributed by atoms with Crippen LogP contribution in [0.25, 0.3) is 0 Å². The lowest BCUT2D eigenvalue weighted by Crippen LogP contribution is -2.50. The van der Waals surface area contributed by atoms with Crippen LogP contribution in [0.3, 0.4) is 0 Å². The topological polar surface area (TPSA) is 67.9 Å². The highest BCUT2D eigenvalue weighted by atomic mass is 16.5. The highest BCUT2D eigenvalue weighted by Crippen LogP contribution is 2.27. The van der Waals surface area contributed by atoms with E-state index >= 15 is 0 Å². The molecule has 2 amide bonds. The second-order valence-corrected chi connectivity index (χ2v) is 8.07. The molecule has 0 radical (unpaired) electrons. The second-order valence-electron chi connectivity index (χ2n) is 8.07. The number of carbonyl (C=O) groups is 2. The van der Waals surface area contributed by atoms with Gasteiger partial charge in [0.1, 0.15) is 6.04 Å². The van der Waals surface area contributed by atoms with Gasteiger partial charge < -0.3 is 19.7 Å². The van der Waals surface area contributed by atoms with Crippen molar-refractivity contribution in [2.75, 3.05) is 20.8 Å². The van der Waals surface area contributed by atoms with E-state index in [1.165, 1.54) is 6.92 Å². The molecule has 3 rings (SSSR count). The molecule has 0 heterocycles. The minimum absolute atomic E-state index is 0.139. The van der Waals surface area contributed by atoms with Crippen molar-refractivity contribution in [1.82, 2.24) is 10.2 Å². The fourth-order valence-electron chi connectivity index (χ4n) is 3.89. The van der Waals surface area contributed by atoms with Gasteiger partial charge in [-0.2, -0.15) is 0 Å². The molecule has 34 heavy (non-hydrogen) atoms. The van der Waals surface area contributed by atoms with Crippen molar-refractivity contribution < 1.29 is 19.1 Å². The molecule has 178 valence electrons. The molecule has 0 saturated carbocycles. The maximum atomic E-state index is 13.3. The first-order valence-electron chi connectivity index (χ1n) is 11.4. The third kappa shape index (κ3) is 6.85. The van der Waals surface area contributed by atoms with Crippen molar-refractivity contribution in [2.24, 2.45) is 0 Å². The van der Waals surface area contributed by atoms with Gasteiger partial charge in [0.15, 0.2) is 11.5 Å². The van der Waals surface area contributed by atoms with Gasteiger partial charge in [0.05, 0.1) is 14.2 Å². The van der Waals surface area contributed by atoms with Crippen LogP contribution in [0.2, 0.25) is 0 Å². The quantitative estimate of drug-likeness (QED) is 0.469. The fraction of sp³-hybridized carbons (Fsp3) is 0.286. The molecule has 0 aromatic heterocycles. The van der Waals surface area contributed by atoms with E-state index in [1.807, 2.05) is 78.9 Å². The Bertz CT molecular complexity index is 1070. The molecule has 0 spiro atoms. The summed E-state index contributed by atoms with van der Waals surface area (Å²) in [5, 5.41) is 3.03. The summed E-state index contributed by atoms with van der Waals surface area (Å²) in [6.07, 6.45) is 1.07. The van der Waals surface area contributed by atoms with E-state index in [0.29, 0.717) is 37.4 Å². The summed E-state index contributed by atoms with van der Waals surface area (Å²) in [5.74, 6) is 1.01. The van der Waals surface area contributed by atoms with Gasteiger partial charge in [-0.25, -0.2) is 0 Å². The maximum Gasteiger partial charge on any atom is 0.243 e. The van der Waals surface area contributed by atoms with Crippen molar-refractivity contribution in [3.63, 3.8) is 0 Å². The number of hydrogen-bond donors (Lipinski definition) is 1. The number of nitrogens with one attached hydrogen (secondary N) is 1. The predicted molar refractivity (Wildman–Crippen MR) is 133 cm³/mol. The van der Waals surface area contributed by atoms with E-state index in [-0.39, 0.29) is 11.8 Å². The average molecular weight is 461 g/mol. The Balaban J connectivity index is 1.74. The van der Waals surface area contributed by atoms with E-state index in [9.17, 15) is 9.59 Å². The van der Waals surface area contributed by atoms with Crippen LogP contribution in [-0.4, -0.2) is 43.5 Å². The Kier molecular flexibility index (Phi) is 9.09. The largest absolute Gasteiger partial charge is 0.493 e. The van der Waals surface area contributed by atoms with Gasteiger partial charge >= 0.3 is 0 Å². The van der Waals surface area contributed by atoms with Gasteiger partial charge in [0, 0.05) is 26.4 Å². The third-order valence-electron chi connectivity index (χ3n) is 5.71. The molecule has 3 aromatic carbocycles. The van der Waals surface area contributed by atoms with E-state index in [2.05, 4.69) is 5.32 Å². The molecule has 6 nitrogen and oxygen atoms in total. The van der Waals surface area contributed by atoms with Crippen molar-refractivity contribution >= 4 is 11.8 Å². The molecule has 1 N–H and O–H groups in total. The molecule has 0 bridgehead atoms. The van der Waals surface area contributed by atoms with Crippen molar-refractivity contribution in [3.8, 4) is 11.5 Å². The Hall–Kier alpha value is -3.80. The number of ether oxygens (including phenoxy) is 2. The van der Waals surface area contributed by atoms with Crippen LogP contribution in [0.15, 0.2) is 78.9 Å². The monoisotopic (exact) mass is 460 g/mol. The summed E-state index contributed by atoms with van der Waals surface area (Å²) in [5.41, 5.74) is 3.00. The number of nitrogens with zero attached hydrogens (tertiary/aromatic N) is 1. The van der Waals surface area contributed by atoms with Gasteiger partial charge in [-0.15, -0.1) is 0 Å². The highest BCUT2D eigenvalue weighted by Gasteiger charge is 2.28. The first kappa shape index (κ1) is 24.8. The molecular formula is C28H32N2O4. The van der Waals surface area contributed by atoms with E-state index in [0.717, 1.165) is 16.7 Å². The van der Waals surface area contributed by atoms with Crippen LogP contribution < -0.4 is 14.8 Å². The molecule has 0 saturated heterocycles. The summed E-state index contributed by atoms with van der Waals surface area (Å²) in [6.45, 7) is 2.32. The fourth-order valence-corrected chi connectivity index (χ4v) is 3.89. The van der Waals surface area contributed by atoms with Gasteiger partial charge in [0.2, 0.25) is 11.8 Å². The standard InChI is InChI=1S/C28H32N2O4/c1-21(31)30(20-24-12-8-5-9-13-24)25(18-22-10-6-4-7-11-22)28(32)29-17-16-23-14-15-26(33-2)27(19-23)34-3/h4-15,19,25H,16-18,20H2,1-3H3,(H,29,32)/t25-/m1/s1. The third-order valence-corrected chi connectivity index (χ3v) is 5.71. The minimum Gasteiger partial charge on any atom is -0.493 e. The lowest BCUT2D eigenvalue weighted by Gasteiger charge is -2.30. The molecule has 0 aliphatic carbocycles. The zero-order valence-corrected chi connectivity index (χ0v) is 20.0. The van der Waals surface area contributed by atoms with Crippen LogP contribution in [0.4, 0.5) is 0 Å². The van der Waals surface area contributed by atoms with Crippen LogP contribution in [-0.2, 0) is 29.0 Å². The van der Waals surface area contributed by atoms with Gasteiger partial charge in [-0.05, 0) is 35.2 Å². The molecule has 0 aliphatic heterocycles. The van der Waals surface area contributed by atoms with Gasteiger partial charge in [0.25, 0.3) is 0 Å². The Morgan fingerprint density at radius 3 is 2.03 bits per heavy atom. The number of amides is 2. The summed E-state index contributed by atoms with van der Waals surface area (Å²) in [6, 6.07) is 24.6. The van der Waals surface area contributed by atoms with Crippen LogP contribution >= 0.6 is 0 Å². The van der Waals surface area contributed by atoms with Crippen molar-refractivity contribution in [3.05, 3.63) is 95.6 Å². The number of benzene rings is 3. The summed E-state index contributed by atoms with van der Waals surface area (Å²) in [7, 11) is 3.20. The Labute approximate surface area is 201 Å². The van der Waals surface area contributed by atoms with E-state index < -0.39 is 6.04 Å². The molecule has 0 aliphatic rings. The molecule has 6 heteroatoms. The van der Waals surface area contributed by atoms with Crippen LogP contribution in [0.1, 0.15) is 23.6 Å². The first-order chi connectivity index (χ1) is 16.5. The summed E-state index contributed by atoms with van der Waals surface area (Å²) >= 11 is 0. The summed E-state index contributed by atoms with van der Waals surface area (Å²) < 4.78 is 10.7. The predicted octanol–water partition coefficient (Wildman–Crippen LogP) is 4.02. The lowest BCUT2D eigenvalue weighted by molar-refractivity contribution is -0.139. The Morgan fingerprint density at radius 2 is 1.44 bits per heavy atom. The molecular weight excluding hydrogens is 428 g/mol. The maximum absolute atomic E-state index is 13.3. The second kappa shape index (κ2) is 12.4. The average Bonchev–Trinajstić information content (AvgIpc) is 2.87. The normalized spacial score (nSPS) is 11.4. The Morgan fingerprint density at radius 1 is 0.824 bits per heavy atom. The SMILES string of the molecule is COc1ccc(CCNC(=O)[C@@H](Cc2ccccc2)N(Cc2ccccc2)C(C)=O)cc1OC. The molecule has 1 atom stereocenters. The van der Waals surface area contributed by atoms with Gasteiger partial charge in [-0.3, -0.25) is 9.59 Å². The van der Waals surface area contributed by atoms with Crippen LogP contribution in [0, 0.1) is 0 Å². The summed E-state index contributed by atoms with van der Waals surface area (Å²) in [4.78, 5) is 27.6. The number of carbonyl (C=O) groups excluding carboxylic acids is 2. The minimum atomic E-state index is -0.620. The number of rotatable bonds is 11. The van der Waals surface area contributed by atoms with Crippen LogP contribution in [0.5, 0.6) is 11.5 Å². The van der Waals surface area contributed by atoms with Crippen molar-refractivity contribution in [1.29, 1.82) is 0 Å². The smallest absolute Gasteiger partial charge is 0.243 e. The zero-order valence-electron chi connectivity index (χ0n) is 20.0. The van der Waals surface area contributed by atoms with Gasteiger partial charge in [-0.1, -0.05) is 66.7 Å². The zero-order chi connectivity index (χ0) is 24.3. The highest BCUT2D eigenvalue weighted by molar-refractivity contribution is 5.87. The van der Waals surface area contributed by atoms with Crippen molar-refractivity contribution in [2.45, 2.75) is 32.4 Å². The number of hydrogen-bond acceptors (Lipinski definition) is 4. The first-order valence-corrected chi connectivity index (χ1v) is 11.4. The molecule has 0 unspecified atom stereocenters.